The van der Waals surface area contributed by atoms with Crippen molar-refractivity contribution in [2.24, 2.45) is 5.92 Å². The monoisotopic (exact) mass is 444 g/mol. The maximum absolute atomic E-state index is 11.0. The normalized spacial score (nSPS) is 12.7. The molecule has 8 heteroatoms. The summed E-state index contributed by atoms with van der Waals surface area (Å²) < 4.78 is 11.8. The van der Waals surface area contributed by atoms with Crippen LogP contribution in [0.3, 0.4) is 0 Å². The van der Waals surface area contributed by atoms with Crippen molar-refractivity contribution < 1.29 is 24.5 Å². The summed E-state index contributed by atoms with van der Waals surface area (Å²) in [5, 5.41) is 19.5. The van der Waals surface area contributed by atoms with Crippen LogP contribution in [-0.2, 0) is 16.1 Å². The first-order chi connectivity index (χ1) is 14.5. The van der Waals surface area contributed by atoms with Gasteiger partial charge in [-0.1, -0.05) is 26.0 Å². The molecule has 0 atom stereocenters. The van der Waals surface area contributed by atoms with Gasteiger partial charge in [0, 0.05) is 44.4 Å². The number of aliphatic hydroxyl groups excluding tert-OH is 2. The van der Waals surface area contributed by atoms with Crippen molar-refractivity contribution in [2.45, 2.75) is 51.5 Å². The molecule has 174 valence electrons. The summed E-state index contributed by atoms with van der Waals surface area (Å²) in [5.74, 6) is 0.557. The van der Waals surface area contributed by atoms with E-state index in [1.165, 1.54) is 20.0 Å². The zero-order chi connectivity index (χ0) is 22.6. The molecule has 0 aliphatic carbocycles. The van der Waals surface area contributed by atoms with Crippen LogP contribution in [0.2, 0.25) is 0 Å². The van der Waals surface area contributed by atoms with E-state index in [9.17, 15) is 9.90 Å². The van der Waals surface area contributed by atoms with E-state index in [0.29, 0.717) is 12.5 Å². The molecule has 0 saturated carbocycles. The molecule has 0 aromatic heterocycles. The Bertz CT molecular complexity index is 534. The standard InChI is InChI=1S/C16H26N2O3S.C4H8O.C2H6O/c1-13(2)11-18(9-5-8-17-16(20)21-3)22-15-7-4-6-14(10-15)12-19;1-2-4-5-3-1;1-2-3/h4,6-7,10,13,19H,5,8-9,11-12H2,1-3H3,(H,17,20);1-4H2;3H,2H2,1H3. The topological polar surface area (TPSA) is 91.3 Å². The number of rotatable bonds is 9. The first-order valence-corrected chi connectivity index (χ1v) is 11.4. The fraction of sp³-hybridized carbons (Fsp3) is 0.682. The smallest absolute Gasteiger partial charge is 0.406 e. The molecule has 1 amide bonds. The van der Waals surface area contributed by atoms with Gasteiger partial charge < -0.3 is 25.0 Å². The van der Waals surface area contributed by atoms with Crippen LogP contribution in [0.5, 0.6) is 0 Å². The fourth-order valence-corrected chi connectivity index (χ4v) is 3.69. The van der Waals surface area contributed by atoms with Crippen LogP contribution in [-0.4, -0.2) is 67.2 Å². The molecule has 0 spiro atoms. The Labute approximate surface area is 186 Å². The summed E-state index contributed by atoms with van der Waals surface area (Å²) in [7, 11) is 1.37. The third-order valence-corrected chi connectivity index (χ3v) is 4.81. The van der Waals surface area contributed by atoms with Crippen LogP contribution in [0, 0.1) is 5.92 Å². The van der Waals surface area contributed by atoms with Gasteiger partial charge in [-0.15, -0.1) is 0 Å². The third kappa shape index (κ3) is 16.5. The number of hydrogen-bond donors (Lipinski definition) is 3. The summed E-state index contributed by atoms with van der Waals surface area (Å²) in [6.07, 6.45) is 3.02. The minimum Gasteiger partial charge on any atom is -0.453 e. The highest BCUT2D eigenvalue weighted by Crippen LogP contribution is 2.24. The number of benzene rings is 1. The average molecular weight is 445 g/mol. The molecule has 1 aromatic carbocycles. The first kappa shape index (κ1) is 28.7. The van der Waals surface area contributed by atoms with Gasteiger partial charge in [-0.05, 0) is 61.7 Å². The van der Waals surface area contributed by atoms with Gasteiger partial charge in [0.05, 0.1) is 13.7 Å². The van der Waals surface area contributed by atoms with Crippen molar-refractivity contribution in [2.75, 3.05) is 46.6 Å². The molecule has 30 heavy (non-hydrogen) atoms. The maximum Gasteiger partial charge on any atom is 0.406 e. The van der Waals surface area contributed by atoms with Gasteiger partial charge in [-0.3, -0.25) is 0 Å². The van der Waals surface area contributed by atoms with E-state index >= 15 is 0 Å². The maximum atomic E-state index is 11.0. The predicted octanol–water partition coefficient (Wildman–Crippen LogP) is 3.69. The van der Waals surface area contributed by atoms with Crippen LogP contribution in [0.25, 0.3) is 0 Å². The lowest BCUT2D eigenvalue weighted by atomic mass is 10.2. The third-order valence-electron chi connectivity index (χ3n) is 3.75. The predicted molar refractivity (Wildman–Crippen MR) is 122 cm³/mol. The van der Waals surface area contributed by atoms with Crippen molar-refractivity contribution in [1.29, 1.82) is 0 Å². The Morgan fingerprint density at radius 1 is 1.30 bits per heavy atom. The second kappa shape index (κ2) is 19.6. The molecule has 1 saturated heterocycles. The van der Waals surface area contributed by atoms with Crippen LogP contribution >= 0.6 is 11.9 Å². The van der Waals surface area contributed by atoms with E-state index < -0.39 is 6.09 Å². The van der Waals surface area contributed by atoms with E-state index in [1.807, 2.05) is 24.3 Å². The Hall–Kier alpha value is -1.32. The molecule has 7 nitrogen and oxygen atoms in total. The summed E-state index contributed by atoms with van der Waals surface area (Å²) in [6, 6.07) is 7.92. The second-order valence-electron chi connectivity index (χ2n) is 7.09. The van der Waals surface area contributed by atoms with Crippen molar-refractivity contribution in [3.63, 3.8) is 0 Å². The minimum atomic E-state index is -0.390. The first-order valence-electron chi connectivity index (χ1n) is 10.6. The van der Waals surface area contributed by atoms with Gasteiger partial charge in [0.15, 0.2) is 0 Å². The highest BCUT2D eigenvalue weighted by atomic mass is 32.2. The van der Waals surface area contributed by atoms with Gasteiger partial charge in [0.2, 0.25) is 0 Å². The van der Waals surface area contributed by atoms with E-state index in [0.717, 1.165) is 43.2 Å². The Morgan fingerprint density at radius 2 is 1.97 bits per heavy atom. The van der Waals surface area contributed by atoms with Gasteiger partial charge in [-0.2, -0.15) is 0 Å². The van der Waals surface area contributed by atoms with E-state index in [-0.39, 0.29) is 13.2 Å². The Kier molecular flexibility index (Phi) is 18.8. The van der Waals surface area contributed by atoms with Crippen molar-refractivity contribution in [1.82, 2.24) is 9.62 Å². The number of aliphatic hydroxyl groups is 2. The van der Waals surface area contributed by atoms with Crippen molar-refractivity contribution in [3.05, 3.63) is 29.8 Å². The van der Waals surface area contributed by atoms with Crippen molar-refractivity contribution in [3.8, 4) is 0 Å². The summed E-state index contributed by atoms with van der Waals surface area (Å²) >= 11 is 1.69. The number of alkyl carbamates (subject to hydrolysis) is 1. The van der Waals surface area contributed by atoms with Gasteiger partial charge in [0.25, 0.3) is 0 Å². The molecule has 1 heterocycles. The molecule has 0 unspecified atom stereocenters. The molecule has 0 radical (unpaired) electrons. The lowest BCUT2D eigenvalue weighted by Gasteiger charge is -2.23. The molecule has 0 bridgehead atoms. The molecule has 1 aliphatic heterocycles. The summed E-state index contributed by atoms with van der Waals surface area (Å²) in [4.78, 5) is 12.1. The fourth-order valence-electron chi connectivity index (χ4n) is 2.46. The van der Waals surface area contributed by atoms with E-state index in [4.69, 9.17) is 9.84 Å². The van der Waals surface area contributed by atoms with E-state index in [2.05, 4.69) is 28.2 Å². The number of methoxy groups -OCH3 is 1. The number of ether oxygens (including phenoxy) is 2. The van der Waals surface area contributed by atoms with E-state index in [1.54, 1.807) is 18.9 Å². The Morgan fingerprint density at radius 3 is 2.47 bits per heavy atom. The minimum absolute atomic E-state index is 0.0572. The van der Waals surface area contributed by atoms with Crippen LogP contribution in [0.15, 0.2) is 29.2 Å². The highest BCUT2D eigenvalue weighted by Gasteiger charge is 2.10. The largest absolute Gasteiger partial charge is 0.453 e. The summed E-state index contributed by atoms with van der Waals surface area (Å²) in [6.45, 7) is 10.8. The SMILES string of the molecule is C1CCOC1.CCO.COC(=O)NCCCN(CC(C)C)Sc1cccc(CO)c1. The molecule has 3 N–H and O–H groups in total. The van der Waals surface area contributed by atoms with Crippen LogP contribution < -0.4 is 5.32 Å². The average Bonchev–Trinajstić information content (AvgIpc) is 3.31. The molecule has 1 fully saturated rings. The number of carbonyl (C=O) groups excluding carboxylic acids is 1. The number of nitrogens with zero attached hydrogens (tertiary/aromatic N) is 1. The molecular formula is C22H40N2O5S. The molecule has 1 aliphatic rings. The van der Waals surface area contributed by atoms with Gasteiger partial charge >= 0.3 is 6.09 Å². The van der Waals surface area contributed by atoms with Crippen molar-refractivity contribution >= 4 is 18.0 Å². The van der Waals surface area contributed by atoms with Crippen LogP contribution in [0.4, 0.5) is 4.79 Å². The quantitative estimate of drug-likeness (QED) is 0.395. The van der Waals surface area contributed by atoms with Crippen LogP contribution in [0.1, 0.15) is 45.6 Å². The Balaban J connectivity index is 0.000000877. The second-order valence-corrected chi connectivity index (χ2v) is 8.26. The zero-order valence-corrected chi connectivity index (χ0v) is 19.7. The summed E-state index contributed by atoms with van der Waals surface area (Å²) in [5.41, 5.74) is 0.918. The molecule has 2 rings (SSSR count). The van der Waals surface area contributed by atoms with Gasteiger partial charge in [0.1, 0.15) is 0 Å². The number of amides is 1. The lowest BCUT2D eigenvalue weighted by Crippen LogP contribution is -2.28. The number of hydrogen-bond acceptors (Lipinski definition) is 7. The highest BCUT2D eigenvalue weighted by molar-refractivity contribution is 7.97. The number of nitrogens with one attached hydrogen (secondary N) is 1. The number of carbonyl (C=O) groups is 1. The zero-order valence-electron chi connectivity index (χ0n) is 18.9. The molecular weight excluding hydrogens is 404 g/mol. The van der Waals surface area contributed by atoms with Gasteiger partial charge in [-0.25, -0.2) is 9.10 Å². The molecule has 1 aromatic rings. The lowest BCUT2D eigenvalue weighted by molar-refractivity contribution is 0.170.